The quantitative estimate of drug-likeness (QED) is 0.662. The molecular formula is C20H18ClN3O2. The lowest BCUT2D eigenvalue weighted by Gasteiger charge is -2.11. The molecule has 0 aliphatic carbocycles. The van der Waals surface area contributed by atoms with Crippen LogP contribution in [0.15, 0.2) is 60.8 Å². The van der Waals surface area contributed by atoms with Crippen LogP contribution in [0, 0.1) is 6.92 Å². The molecule has 1 amide bonds. The Morgan fingerprint density at radius 1 is 1.12 bits per heavy atom. The molecule has 3 aromatic rings. The molecule has 0 aliphatic rings. The molecule has 5 nitrogen and oxygen atoms in total. The van der Waals surface area contributed by atoms with E-state index in [0.717, 1.165) is 16.9 Å². The fraction of sp³-hybridized carbons (Fsp3) is 0.100. The van der Waals surface area contributed by atoms with Crippen LogP contribution in [0.2, 0.25) is 5.02 Å². The van der Waals surface area contributed by atoms with Crippen LogP contribution in [0.25, 0.3) is 0 Å². The van der Waals surface area contributed by atoms with Crippen molar-refractivity contribution in [2.24, 2.45) is 0 Å². The van der Waals surface area contributed by atoms with Crippen LogP contribution in [0.3, 0.4) is 0 Å². The van der Waals surface area contributed by atoms with Gasteiger partial charge in [-0.25, -0.2) is 4.98 Å². The Morgan fingerprint density at radius 2 is 1.92 bits per heavy atom. The topological polar surface area (TPSA) is 63.2 Å². The van der Waals surface area contributed by atoms with Crippen LogP contribution in [-0.4, -0.2) is 18.0 Å². The zero-order chi connectivity index (χ0) is 18.5. The number of methoxy groups -OCH3 is 1. The summed E-state index contributed by atoms with van der Waals surface area (Å²) in [6.07, 6.45) is 1.65. The predicted molar refractivity (Wildman–Crippen MR) is 105 cm³/mol. The Balaban J connectivity index is 1.69. The molecule has 0 radical (unpaired) electrons. The Kier molecular flexibility index (Phi) is 5.39. The number of ether oxygens (including phenoxy) is 1. The molecule has 1 heterocycles. The van der Waals surface area contributed by atoms with Crippen LogP contribution < -0.4 is 15.4 Å². The first-order chi connectivity index (χ1) is 12.6. The second-order valence-electron chi connectivity index (χ2n) is 5.66. The number of carbonyl (C=O) groups is 1. The van der Waals surface area contributed by atoms with Crippen molar-refractivity contribution in [1.29, 1.82) is 0 Å². The van der Waals surface area contributed by atoms with Crippen LogP contribution in [0.4, 0.5) is 17.2 Å². The van der Waals surface area contributed by atoms with E-state index in [9.17, 15) is 4.79 Å². The van der Waals surface area contributed by atoms with Gasteiger partial charge < -0.3 is 15.4 Å². The smallest absolute Gasteiger partial charge is 0.256 e. The summed E-state index contributed by atoms with van der Waals surface area (Å²) in [6, 6.07) is 16.2. The number of hydrogen-bond acceptors (Lipinski definition) is 4. The van der Waals surface area contributed by atoms with Crippen LogP contribution in [0.5, 0.6) is 5.75 Å². The molecule has 132 valence electrons. The van der Waals surface area contributed by atoms with Gasteiger partial charge in [0.2, 0.25) is 0 Å². The van der Waals surface area contributed by atoms with Gasteiger partial charge in [0.1, 0.15) is 11.6 Å². The van der Waals surface area contributed by atoms with E-state index >= 15 is 0 Å². The molecule has 1 aromatic heterocycles. The molecule has 26 heavy (non-hydrogen) atoms. The first-order valence-electron chi connectivity index (χ1n) is 8.00. The molecule has 0 saturated heterocycles. The fourth-order valence-electron chi connectivity index (χ4n) is 2.39. The summed E-state index contributed by atoms with van der Waals surface area (Å²) in [5.41, 5.74) is 3.18. The lowest BCUT2D eigenvalue weighted by atomic mass is 10.2. The highest BCUT2D eigenvalue weighted by Gasteiger charge is 2.08. The molecule has 0 fully saturated rings. The standard InChI is InChI=1S/C20H18ClN3O2/c1-13-17(21)7-4-8-18(13)23-15-9-10-19(22-12-15)24-20(25)14-5-3-6-16(11-14)26-2/h3-12,23H,1-2H3,(H,22,24,25). The monoisotopic (exact) mass is 367 g/mol. The third-order valence-electron chi connectivity index (χ3n) is 3.88. The number of anilines is 3. The number of nitrogens with one attached hydrogen (secondary N) is 2. The number of amides is 1. The number of rotatable bonds is 5. The Hall–Kier alpha value is -3.05. The second kappa shape index (κ2) is 7.89. The summed E-state index contributed by atoms with van der Waals surface area (Å²) < 4.78 is 5.13. The summed E-state index contributed by atoms with van der Waals surface area (Å²) >= 11 is 6.13. The molecule has 3 rings (SSSR count). The van der Waals surface area contributed by atoms with Crippen molar-refractivity contribution in [3.05, 3.63) is 76.9 Å². The van der Waals surface area contributed by atoms with Crippen molar-refractivity contribution in [2.75, 3.05) is 17.7 Å². The van der Waals surface area contributed by atoms with E-state index in [0.29, 0.717) is 22.2 Å². The predicted octanol–water partition coefficient (Wildman–Crippen LogP) is 5.05. The molecule has 0 saturated carbocycles. The number of nitrogens with zero attached hydrogens (tertiary/aromatic N) is 1. The summed E-state index contributed by atoms with van der Waals surface area (Å²) in [5.74, 6) is 0.844. The van der Waals surface area contributed by atoms with E-state index < -0.39 is 0 Å². The number of hydrogen-bond donors (Lipinski definition) is 2. The molecule has 6 heteroatoms. The number of halogens is 1. The molecule has 2 N–H and O–H groups in total. The van der Waals surface area contributed by atoms with Gasteiger partial charge in [-0.05, 0) is 55.0 Å². The molecule has 0 atom stereocenters. The first-order valence-corrected chi connectivity index (χ1v) is 8.38. The number of aromatic nitrogens is 1. The SMILES string of the molecule is COc1cccc(C(=O)Nc2ccc(Nc3cccc(Cl)c3C)cn2)c1. The van der Waals surface area contributed by atoms with Crippen molar-refractivity contribution >= 4 is 34.7 Å². The maximum atomic E-state index is 12.3. The minimum absolute atomic E-state index is 0.247. The maximum Gasteiger partial charge on any atom is 0.256 e. The van der Waals surface area contributed by atoms with Crippen LogP contribution in [0.1, 0.15) is 15.9 Å². The van der Waals surface area contributed by atoms with E-state index in [1.54, 1.807) is 43.6 Å². The average molecular weight is 368 g/mol. The maximum absolute atomic E-state index is 12.3. The van der Waals surface area contributed by atoms with Gasteiger partial charge in [0.05, 0.1) is 19.0 Å². The first kappa shape index (κ1) is 17.8. The minimum atomic E-state index is -0.247. The van der Waals surface area contributed by atoms with Crippen LogP contribution in [-0.2, 0) is 0 Å². The van der Waals surface area contributed by atoms with Crippen LogP contribution >= 0.6 is 11.6 Å². The highest BCUT2D eigenvalue weighted by atomic mass is 35.5. The van der Waals surface area contributed by atoms with E-state index in [4.69, 9.17) is 16.3 Å². The van der Waals surface area contributed by atoms with Crippen molar-refractivity contribution < 1.29 is 9.53 Å². The third-order valence-corrected chi connectivity index (χ3v) is 4.29. The summed E-state index contributed by atoms with van der Waals surface area (Å²) in [6.45, 7) is 1.95. The van der Waals surface area contributed by atoms with Gasteiger partial charge >= 0.3 is 0 Å². The van der Waals surface area contributed by atoms with Gasteiger partial charge in [-0.3, -0.25) is 4.79 Å². The van der Waals surface area contributed by atoms with E-state index in [-0.39, 0.29) is 5.91 Å². The Bertz CT molecular complexity index is 927. The van der Waals surface area contributed by atoms with Crippen molar-refractivity contribution in [3.8, 4) is 5.75 Å². The molecule has 0 bridgehead atoms. The zero-order valence-corrected chi connectivity index (χ0v) is 15.2. The van der Waals surface area contributed by atoms with Gasteiger partial charge in [0, 0.05) is 16.3 Å². The highest BCUT2D eigenvalue weighted by molar-refractivity contribution is 6.31. The van der Waals surface area contributed by atoms with E-state index in [1.165, 1.54) is 0 Å². The third kappa shape index (κ3) is 4.13. The largest absolute Gasteiger partial charge is 0.497 e. The van der Waals surface area contributed by atoms with Gasteiger partial charge in [-0.1, -0.05) is 23.7 Å². The second-order valence-corrected chi connectivity index (χ2v) is 6.06. The normalized spacial score (nSPS) is 10.3. The average Bonchev–Trinajstić information content (AvgIpc) is 2.67. The minimum Gasteiger partial charge on any atom is -0.497 e. The zero-order valence-electron chi connectivity index (χ0n) is 14.4. The van der Waals surface area contributed by atoms with Gasteiger partial charge in [0.25, 0.3) is 5.91 Å². The van der Waals surface area contributed by atoms with Gasteiger partial charge in [-0.15, -0.1) is 0 Å². The van der Waals surface area contributed by atoms with Gasteiger partial charge in [-0.2, -0.15) is 0 Å². The van der Waals surface area contributed by atoms with Crippen molar-refractivity contribution in [1.82, 2.24) is 4.98 Å². The lowest BCUT2D eigenvalue weighted by molar-refractivity contribution is 0.102. The number of carbonyl (C=O) groups excluding carboxylic acids is 1. The molecule has 0 unspecified atom stereocenters. The molecule has 0 spiro atoms. The molecular weight excluding hydrogens is 350 g/mol. The lowest BCUT2D eigenvalue weighted by Crippen LogP contribution is -2.13. The van der Waals surface area contributed by atoms with E-state index in [1.807, 2.05) is 31.2 Å². The fourth-order valence-corrected chi connectivity index (χ4v) is 2.57. The summed E-state index contributed by atoms with van der Waals surface area (Å²) in [7, 11) is 1.56. The number of pyridine rings is 1. The van der Waals surface area contributed by atoms with Gasteiger partial charge in [0.15, 0.2) is 0 Å². The Labute approximate surface area is 157 Å². The highest BCUT2D eigenvalue weighted by Crippen LogP contribution is 2.26. The Morgan fingerprint density at radius 3 is 2.65 bits per heavy atom. The van der Waals surface area contributed by atoms with E-state index in [2.05, 4.69) is 15.6 Å². The van der Waals surface area contributed by atoms with Crippen molar-refractivity contribution in [3.63, 3.8) is 0 Å². The summed E-state index contributed by atoms with van der Waals surface area (Å²) in [5, 5.41) is 6.73. The van der Waals surface area contributed by atoms with Crippen molar-refractivity contribution in [2.45, 2.75) is 6.92 Å². The molecule has 0 aliphatic heterocycles. The number of benzene rings is 2. The molecule has 2 aromatic carbocycles. The summed E-state index contributed by atoms with van der Waals surface area (Å²) in [4.78, 5) is 16.6.